The van der Waals surface area contributed by atoms with E-state index in [2.05, 4.69) is 56.5 Å². The minimum atomic E-state index is 0.0410. The number of hydrogen-bond acceptors (Lipinski definition) is 2. The van der Waals surface area contributed by atoms with Gasteiger partial charge >= 0.3 is 0 Å². The molecule has 1 amide bonds. The molecule has 154 valence electrons. The van der Waals surface area contributed by atoms with E-state index in [0.29, 0.717) is 11.8 Å². The minimum Gasteiger partial charge on any atom is -0.342 e. The molecule has 0 aliphatic carbocycles. The highest BCUT2D eigenvalue weighted by molar-refractivity contribution is 9.10. The lowest BCUT2D eigenvalue weighted by molar-refractivity contribution is -0.136. The van der Waals surface area contributed by atoms with Crippen LogP contribution in [-0.2, 0) is 11.2 Å². The summed E-state index contributed by atoms with van der Waals surface area (Å²) in [6, 6.07) is 16.5. The summed E-state index contributed by atoms with van der Waals surface area (Å²) < 4.78 is 1.10. The molecule has 2 atom stereocenters. The highest BCUT2D eigenvalue weighted by Crippen LogP contribution is 2.35. The van der Waals surface area contributed by atoms with Gasteiger partial charge in [0.2, 0.25) is 5.91 Å². The molecular formula is C24H28BrClN2O. The maximum absolute atomic E-state index is 13.3. The number of benzene rings is 2. The zero-order valence-corrected chi connectivity index (χ0v) is 19.0. The monoisotopic (exact) mass is 474 g/mol. The van der Waals surface area contributed by atoms with Gasteiger partial charge in [0.05, 0.1) is 5.92 Å². The van der Waals surface area contributed by atoms with E-state index in [1.807, 2.05) is 18.2 Å². The Kier molecular flexibility index (Phi) is 6.94. The van der Waals surface area contributed by atoms with Crippen molar-refractivity contribution < 1.29 is 4.79 Å². The summed E-state index contributed by atoms with van der Waals surface area (Å²) in [6.07, 6.45) is 4.50. The topological polar surface area (TPSA) is 32.3 Å². The van der Waals surface area contributed by atoms with E-state index in [1.165, 1.54) is 17.5 Å². The fourth-order valence-corrected chi connectivity index (χ4v) is 5.44. The molecule has 2 aliphatic heterocycles. The van der Waals surface area contributed by atoms with E-state index in [1.54, 1.807) is 0 Å². The lowest BCUT2D eigenvalue weighted by Crippen LogP contribution is -2.43. The van der Waals surface area contributed by atoms with Crippen LogP contribution in [0.3, 0.4) is 0 Å². The minimum absolute atomic E-state index is 0.0410. The van der Waals surface area contributed by atoms with Crippen molar-refractivity contribution in [3.05, 3.63) is 69.2 Å². The van der Waals surface area contributed by atoms with Gasteiger partial charge in [-0.25, -0.2) is 0 Å². The predicted octanol–water partition coefficient (Wildman–Crippen LogP) is 5.28. The van der Waals surface area contributed by atoms with Crippen molar-refractivity contribution in [2.75, 3.05) is 26.2 Å². The number of carbonyl (C=O) groups is 1. The first-order chi connectivity index (χ1) is 14.1. The first-order valence-electron chi connectivity index (χ1n) is 10.6. The van der Waals surface area contributed by atoms with Gasteiger partial charge in [0.1, 0.15) is 0 Å². The molecule has 3 nitrogen and oxygen atoms in total. The fourth-order valence-electron chi connectivity index (χ4n) is 4.74. The average Bonchev–Trinajstić information content (AvgIpc) is 3.23. The van der Waals surface area contributed by atoms with Crippen molar-refractivity contribution in [3.8, 4) is 0 Å². The molecule has 0 saturated carbocycles. The normalized spacial score (nSPS) is 22.8. The van der Waals surface area contributed by atoms with Gasteiger partial charge < -0.3 is 10.2 Å². The molecule has 5 heteroatoms. The molecule has 0 bridgehead atoms. The molecule has 2 aromatic carbocycles. The molecule has 2 fully saturated rings. The SMILES string of the molecule is O=C([C@@H]1CNC[C@H]1c1ccccc1Br)N1CCC(CCc2ccc(Cl)cc2)CC1. The number of piperidine rings is 1. The molecular weight excluding hydrogens is 448 g/mol. The van der Waals surface area contributed by atoms with Crippen LogP contribution in [0.1, 0.15) is 36.3 Å². The van der Waals surface area contributed by atoms with Crippen molar-refractivity contribution in [1.29, 1.82) is 0 Å². The second-order valence-corrected chi connectivity index (χ2v) is 9.62. The predicted molar refractivity (Wildman–Crippen MR) is 122 cm³/mol. The molecule has 29 heavy (non-hydrogen) atoms. The van der Waals surface area contributed by atoms with Crippen LogP contribution < -0.4 is 5.32 Å². The molecule has 2 aromatic rings. The third-order valence-electron chi connectivity index (χ3n) is 6.52. The lowest BCUT2D eigenvalue weighted by Gasteiger charge is -2.34. The Morgan fingerprint density at radius 2 is 1.79 bits per heavy atom. The quantitative estimate of drug-likeness (QED) is 0.638. The number of amides is 1. The van der Waals surface area contributed by atoms with Gasteiger partial charge in [0.25, 0.3) is 0 Å². The number of nitrogens with one attached hydrogen (secondary N) is 1. The number of aryl methyl sites for hydroxylation is 1. The maximum atomic E-state index is 13.3. The summed E-state index contributed by atoms with van der Waals surface area (Å²) in [5.41, 5.74) is 2.59. The Bertz CT molecular complexity index is 833. The van der Waals surface area contributed by atoms with Crippen LogP contribution in [0.25, 0.3) is 0 Å². The van der Waals surface area contributed by atoms with Crippen LogP contribution in [0.2, 0.25) is 5.02 Å². The van der Waals surface area contributed by atoms with Crippen molar-refractivity contribution in [1.82, 2.24) is 10.2 Å². The Balaban J connectivity index is 1.30. The lowest BCUT2D eigenvalue weighted by atomic mass is 9.86. The molecule has 2 heterocycles. The van der Waals surface area contributed by atoms with Crippen molar-refractivity contribution in [2.45, 2.75) is 31.6 Å². The van der Waals surface area contributed by atoms with E-state index < -0.39 is 0 Å². The molecule has 1 N–H and O–H groups in total. The zero-order chi connectivity index (χ0) is 20.2. The highest BCUT2D eigenvalue weighted by Gasteiger charge is 2.38. The maximum Gasteiger partial charge on any atom is 0.227 e. The Morgan fingerprint density at radius 3 is 2.52 bits per heavy atom. The second kappa shape index (κ2) is 9.63. The highest BCUT2D eigenvalue weighted by atomic mass is 79.9. The third kappa shape index (κ3) is 5.04. The summed E-state index contributed by atoms with van der Waals surface area (Å²) >= 11 is 9.64. The van der Waals surface area contributed by atoms with E-state index in [9.17, 15) is 4.79 Å². The summed E-state index contributed by atoms with van der Waals surface area (Å²) in [5, 5.41) is 4.24. The summed E-state index contributed by atoms with van der Waals surface area (Å²) in [6.45, 7) is 3.44. The number of rotatable bonds is 5. The van der Waals surface area contributed by atoms with Gasteiger partial charge in [0.15, 0.2) is 0 Å². The molecule has 0 radical (unpaired) electrons. The molecule has 2 saturated heterocycles. The Hall–Kier alpha value is -1.36. The van der Waals surface area contributed by atoms with Gasteiger partial charge in [-0.2, -0.15) is 0 Å². The molecule has 4 rings (SSSR count). The second-order valence-electron chi connectivity index (χ2n) is 8.33. The van der Waals surface area contributed by atoms with E-state index in [0.717, 1.165) is 54.9 Å². The van der Waals surface area contributed by atoms with E-state index in [4.69, 9.17) is 11.6 Å². The Morgan fingerprint density at radius 1 is 1.07 bits per heavy atom. The van der Waals surface area contributed by atoms with Gasteiger partial charge in [-0.15, -0.1) is 0 Å². The van der Waals surface area contributed by atoms with E-state index >= 15 is 0 Å². The zero-order valence-electron chi connectivity index (χ0n) is 16.6. The largest absolute Gasteiger partial charge is 0.342 e. The molecule has 0 aromatic heterocycles. The van der Waals surface area contributed by atoms with Crippen LogP contribution in [-0.4, -0.2) is 37.0 Å². The first-order valence-corrected chi connectivity index (χ1v) is 11.8. The first kappa shape index (κ1) is 20.9. The number of carbonyl (C=O) groups excluding carboxylic acids is 1. The third-order valence-corrected chi connectivity index (χ3v) is 7.49. The number of halogens is 2. The molecule has 2 aliphatic rings. The van der Waals surface area contributed by atoms with Crippen molar-refractivity contribution in [2.24, 2.45) is 11.8 Å². The van der Waals surface area contributed by atoms with Crippen LogP contribution >= 0.6 is 27.5 Å². The van der Waals surface area contributed by atoms with Gasteiger partial charge in [-0.1, -0.05) is 57.9 Å². The van der Waals surface area contributed by atoms with Gasteiger partial charge in [0, 0.05) is 41.6 Å². The smallest absolute Gasteiger partial charge is 0.227 e. The number of likely N-dealkylation sites (tertiary alicyclic amines) is 1. The van der Waals surface area contributed by atoms with Crippen LogP contribution in [0, 0.1) is 11.8 Å². The van der Waals surface area contributed by atoms with Crippen LogP contribution in [0.15, 0.2) is 53.0 Å². The summed E-state index contributed by atoms with van der Waals surface area (Å²) in [5.74, 6) is 1.32. The van der Waals surface area contributed by atoms with Gasteiger partial charge in [-0.3, -0.25) is 4.79 Å². The average molecular weight is 476 g/mol. The van der Waals surface area contributed by atoms with Gasteiger partial charge in [-0.05, 0) is 60.9 Å². The fraction of sp³-hybridized carbons (Fsp3) is 0.458. The summed E-state index contributed by atoms with van der Waals surface area (Å²) in [4.78, 5) is 15.4. The summed E-state index contributed by atoms with van der Waals surface area (Å²) in [7, 11) is 0. The molecule has 0 spiro atoms. The van der Waals surface area contributed by atoms with Crippen LogP contribution in [0.5, 0.6) is 0 Å². The van der Waals surface area contributed by atoms with Crippen molar-refractivity contribution >= 4 is 33.4 Å². The number of nitrogens with zero attached hydrogens (tertiary/aromatic N) is 1. The van der Waals surface area contributed by atoms with Crippen LogP contribution in [0.4, 0.5) is 0 Å². The van der Waals surface area contributed by atoms with E-state index in [-0.39, 0.29) is 11.8 Å². The Labute approximate surface area is 186 Å². The number of hydrogen-bond donors (Lipinski definition) is 1. The van der Waals surface area contributed by atoms with Crippen molar-refractivity contribution in [3.63, 3.8) is 0 Å². The standard InChI is InChI=1S/C24H28BrClN2O/c25-23-4-2-1-3-20(23)21-15-27-16-22(21)24(29)28-13-11-18(12-14-28)6-5-17-7-9-19(26)10-8-17/h1-4,7-10,18,21-22,27H,5-6,11-16H2/t21-,22+/m0/s1. The molecule has 0 unspecified atom stereocenters.